The fourth-order valence-electron chi connectivity index (χ4n) is 2.02. The molecule has 0 bridgehead atoms. The van der Waals surface area contributed by atoms with Crippen LogP contribution in [0.2, 0.25) is 0 Å². The maximum Gasteiger partial charge on any atom is 0.573 e. The minimum absolute atomic E-state index is 0.0646. The largest absolute Gasteiger partial charge is 0.573 e. The van der Waals surface area contributed by atoms with E-state index in [9.17, 15) is 35.1 Å². The second kappa shape index (κ2) is 6.29. The van der Waals surface area contributed by atoms with Crippen LogP contribution < -0.4 is 4.74 Å². The van der Waals surface area contributed by atoms with E-state index < -0.39 is 35.8 Å². The standard InChI is InChI=1S/C15H8F8O/c16-13(17)11-6-3-9(7-12(11)14(18,19)20)8-1-4-10(5-2-8)24-15(21,22)23/h1-7,13H. The summed E-state index contributed by atoms with van der Waals surface area (Å²) in [5.74, 6) is -0.550. The summed E-state index contributed by atoms with van der Waals surface area (Å²) in [7, 11) is 0. The van der Waals surface area contributed by atoms with E-state index in [1.165, 1.54) is 0 Å². The Hall–Kier alpha value is -2.32. The van der Waals surface area contributed by atoms with E-state index in [1.54, 1.807) is 0 Å². The van der Waals surface area contributed by atoms with Gasteiger partial charge in [0, 0.05) is 5.56 Å². The molecule has 0 spiro atoms. The number of alkyl halides is 8. The molecule has 0 saturated carbocycles. The van der Waals surface area contributed by atoms with Crippen LogP contribution in [0.25, 0.3) is 11.1 Å². The molecule has 0 fully saturated rings. The molecule has 0 amide bonds. The Morgan fingerprint density at radius 2 is 1.29 bits per heavy atom. The van der Waals surface area contributed by atoms with Crippen LogP contribution >= 0.6 is 0 Å². The van der Waals surface area contributed by atoms with Crippen molar-refractivity contribution in [3.05, 3.63) is 53.6 Å². The highest BCUT2D eigenvalue weighted by atomic mass is 19.4. The van der Waals surface area contributed by atoms with Crippen LogP contribution in [0, 0.1) is 0 Å². The summed E-state index contributed by atoms with van der Waals surface area (Å²) in [5, 5.41) is 0. The van der Waals surface area contributed by atoms with Gasteiger partial charge in [-0.05, 0) is 29.3 Å². The lowest BCUT2D eigenvalue weighted by molar-refractivity contribution is -0.274. The van der Waals surface area contributed by atoms with Crippen LogP contribution in [0.15, 0.2) is 42.5 Å². The predicted molar refractivity (Wildman–Crippen MR) is 68.5 cm³/mol. The molecule has 24 heavy (non-hydrogen) atoms. The van der Waals surface area contributed by atoms with Gasteiger partial charge in [0.05, 0.1) is 5.56 Å². The molecule has 0 atom stereocenters. The monoisotopic (exact) mass is 356 g/mol. The molecule has 0 N–H and O–H groups in total. The maximum atomic E-state index is 12.9. The molecule has 130 valence electrons. The molecule has 2 aromatic carbocycles. The number of hydrogen-bond acceptors (Lipinski definition) is 1. The van der Waals surface area contributed by atoms with Gasteiger partial charge in [0.1, 0.15) is 5.75 Å². The highest BCUT2D eigenvalue weighted by Gasteiger charge is 2.36. The van der Waals surface area contributed by atoms with E-state index in [2.05, 4.69) is 4.74 Å². The molecular weight excluding hydrogens is 348 g/mol. The van der Waals surface area contributed by atoms with Crippen molar-refractivity contribution in [1.29, 1.82) is 0 Å². The molecule has 2 aromatic rings. The molecule has 0 aliphatic rings. The summed E-state index contributed by atoms with van der Waals surface area (Å²) >= 11 is 0. The average molecular weight is 356 g/mol. The summed E-state index contributed by atoms with van der Waals surface area (Å²) in [4.78, 5) is 0. The molecule has 0 radical (unpaired) electrons. The van der Waals surface area contributed by atoms with E-state index in [0.29, 0.717) is 12.1 Å². The lowest BCUT2D eigenvalue weighted by atomic mass is 9.99. The van der Waals surface area contributed by atoms with Crippen molar-refractivity contribution in [2.45, 2.75) is 19.0 Å². The first kappa shape index (κ1) is 18.0. The van der Waals surface area contributed by atoms with Crippen LogP contribution in [0.5, 0.6) is 5.75 Å². The Labute approximate surface area is 130 Å². The summed E-state index contributed by atoms with van der Waals surface area (Å²) in [6.07, 6.45) is -13.2. The van der Waals surface area contributed by atoms with Crippen molar-refractivity contribution in [2.75, 3.05) is 0 Å². The SMILES string of the molecule is FC(F)c1ccc(-c2ccc(OC(F)(F)F)cc2)cc1C(F)(F)F. The molecule has 2 rings (SSSR count). The van der Waals surface area contributed by atoms with Crippen molar-refractivity contribution < 1.29 is 39.9 Å². The van der Waals surface area contributed by atoms with Crippen LogP contribution in [-0.4, -0.2) is 6.36 Å². The van der Waals surface area contributed by atoms with Gasteiger partial charge in [-0.25, -0.2) is 8.78 Å². The van der Waals surface area contributed by atoms with Gasteiger partial charge in [-0.15, -0.1) is 13.2 Å². The second-order valence-electron chi connectivity index (χ2n) is 4.67. The summed E-state index contributed by atoms with van der Waals surface area (Å²) in [6, 6.07) is 6.23. The van der Waals surface area contributed by atoms with E-state index in [1.807, 2.05) is 0 Å². The quantitative estimate of drug-likeness (QED) is 0.594. The lowest BCUT2D eigenvalue weighted by Crippen LogP contribution is -2.16. The van der Waals surface area contributed by atoms with Crippen LogP contribution in [0.3, 0.4) is 0 Å². The zero-order chi connectivity index (χ0) is 18.1. The zero-order valence-corrected chi connectivity index (χ0v) is 11.6. The van der Waals surface area contributed by atoms with Gasteiger partial charge in [0.15, 0.2) is 0 Å². The molecule has 0 unspecified atom stereocenters. The van der Waals surface area contributed by atoms with Crippen molar-refractivity contribution in [3.63, 3.8) is 0 Å². The Kier molecular flexibility index (Phi) is 4.73. The van der Waals surface area contributed by atoms with E-state index in [-0.39, 0.29) is 11.1 Å². The highest BCUT2D eigenvalue weighted by molar-refractivity contribution is 5.66. The Morgan fingerprint density at radius 3 is 1.75 bits per heavy atom. The molecule has 0 heterocycles. The fourth-order valence-corrected chi connectivity index (χ4v) is 2.02. The lowest BCUT2D eigenvalue weighted by Gasteiger charge is -2.14. The van der Waals surface area contributed by atoms with Gasteiger partial charge in [-0.3, -0.25) is 0 Å². The Balaban J connectivity index is 2.39. The van der Waals surface area contributed by atoms with E-state index in [0.717, 1.165) is 30.3 Å². The normalized spacial score (nSPS) is 12.5. The third kappa shape index (κ3) is 4.36. The van der Waals surface area contributed by atoms with Gasteiger partial charge in [-0.2, -0.15) is 13.2 Å². The van der Waals surface area contributed by atoms with Crippen molar-refractivity contribution in [2.24, 2.45) is 0 Å². The molecule has 0 aliphatic carbocycles. The number of hydrogen-bond donors (Lipinski definition) is 0. The predicted octanol–water partition coefficient (Wildman–Crippen LogP) is 6.21. The van der Waals surface area contributed by atoms with Crippen LogP contribution in [-0.2, 0) is 6.18 Å². The first-order valence-corrected chi connectivity index (χ1v) is 6.33. The first-order valence-electron chi connectivity index (χ1n) is 6.33. The van der Waals surface area contributed by atoms with E-state index in [4.69, 9.17) is 0 Å². The van der Waals surface area contributed by atoms with Gasteiger partial charge in [0.25, 0.3) is 6.43 Å². The Morgan fingerprint density at radius 1 is 0.750 bits per heavy atom. The minimum atomic E-state index is -4.99. The third-order valence-electron chi connectivity index (χ3n) is 3.02. The van der Waals surface area contributed by atoms with E-state index >= 15 is 0 Å². The fraction of sp³-hybridized carbons (Fsp3) is 0.200. The number of ether oxygens (including phenoxy) is 1. The second-order valence-corrected chi connectivity index (χ2v) is 4.67. The zero-order valence-electron chi connectivity index (χ0n) is 11.6. The van der Waals surface area contributed by atoms with Crippen LogP contribution in [0.1, 0.15) is 17.6 Å². The van der Waals surface area contributed by atoms with Gasteiger partial charge in [0.2, 0.25) is 0 Å². The minimum Gasteiger partial charge on any atom is -0.406 e. The third-order valence-corrected chi connectivity index (χ3v) is 3.02. The summed E-state index contributed by atoms with van der Waals surface area (Å²) in [6.45, 7) is 0. The Bertz CT molecular complexity index is 701. The van der Waals surface area contributed by atoms with Gasteiger partial charge < -0.3 is 4.74 Å². The first-order chi connectivity index (χ1) is 11.0. The number of benzene rings is 2. The molecular formula is C15H8F8O. The topological polar surface area (TPSA) is 9.23 Å². The van der Waals surface area contributed by atoms with Crippen molar-refractivity contribution in [3.8, 4) is 16.9 Å². The van der Waals surface area contributed by atoms with Crippen molar-refractivity contribution >= 4 is 0 Å². The molecule has 9 heteroatoms. The summed E-state index contributed by atoms with van der Waals surface area (Å²) in [5.41, 5.74) is -2.60. The number of rotatable bonds is 3. The molecule has 0 aromatic heterocycles. The van der Waals surface area contributed by atoms with Gasteiger partial charge >= 0.3 is 12.5 Å². The average Bonchev–Trinajstić information content (AvgIpc) is 2.44. The highest BCUT2D eigenvalue weighted by Crippen LogP contribution is 2.39. The molecule has 1 nitrogen and oxygen atoms in total. The molecule has 0 saturated heterocycles. The van der Waals surface area contributed by atoms with Crippen LogP contribution in [0.4, 0.5) is 35.1 Å². The number of halogens is 8. The smallest absolute Gasteiger partial charge is 0.406 e. The van der Waals surface area contributed by atoms with Gasteiger partial charge in [-0.1, -0.05) is 24.3 Å². The molecule has 0 aliphatic heterocycles. The van der Waals surface area contributed by atoms with Crippen molar-refractivity contribution in [1.82, 2.24) is 0 Å². The maximum absolute atomic E-state index is 12.9. The summed E-state index contributed by atoms with van der Waals surface area (Å²) < 4.78 is 104.